The number of hydrogen-bond acceptors (Lipinski definition) is 2. The van der Waals surface area contributed by atoms with Crippen molar-refractivity contribution in [1.82, 2.24) is 10.2 Å². The molecule has 0 spiro atoms. The SMILES string of the molecule is CCN(Cc1ccccc1C)C(=O)C1CC(F)(F)CN1. The summed E-state index contributed by atoms with van der Waals surface area (Å²) in [5.74, 6) is -3.02. The minimum atomic E-state index is -2.78. The summed E-state index contributed by atoms with van der Waals surface area (Å²) in [6.07, 6.45) is -0.407. The average molecular weight is 282 g/mol. The minimum Gasteiger partial charge on any atom is -0.337 e. The summed E-state index contributed by atoms with van der Waals surface area (Å²) in [6, 6.07) is 7.03. The lowest BCUT2D eigenvalue weighted by Crippen LogP contribution is -2.43. The number of nitrogens with zero attached hydrogens (tertiary/aromatic N) is 1. The van der Waals surface area contributed by atoms with Gasteiger partial charge in [-0.05, 0) is 25.0 Å². The van der Waals surface area contributed by atoms with Crippen LogP contribution in [-0.2, 0) is 11.3 Å². The van der Waals surface area contributed by atoms with Crippen molar-refractivity contribution in [1.29, 1.82) is 0 Å². The van der Waals surface area contributed by atoms with E-state index in [1.54, 1.807) is 4.90 Å². The quantitative estimate of drug-likeness (QED) is 0.919. The highest BCUT2D eigenvalue weighted by molar-refractivity contribution is 5.82. The van der Waals surface area contributed by atoms with Crippen LogP contribution in [0.25, 0.3) is 0 Å². The number of rotatable bonds is 4. The number of alkyl halides is 2. The molecule has 0 saturated carbocycles. The molecule has 0 aliphatic carbocycles. The third kappa shape index (κ3) is 3.33. The zero-order valence-corrected chi connectivity index (χ0v) is 11.8. The largest absolute Gasteiger partial charge is 0.337 e. The topological polar surface area (TPSA) is 32.3 Å². The first kappa shape index (κ1) is 14.9. The molecule has 1 saturated heterocycles. The van der Waals surface area contributed by atoms with Crippen molar-refractivity contribution in [3.05, 3.63) is 35.4 Å². The molecule has 0 aromatic heterocycles. The van der Waals surface area contributed by atoms with E-state index in [9.17, 15) is 13.6 Å². The van der Waals surface area contributed by atoms with Gasteiger partial charge < -0.3 is 4.90 Å². The van der Waals surface area contributed by atoms with Crippen LogP contribution in [0.2, 0.25) is 0 Å². The smallest absolute Gasteiger partial charge is 0.262 e. The lowest BCUT2D eigenvalue weighted by molar-refractivity contribution is -0.134. The minimum absolute atomic E-state index is 0.243. The van der Waals surface area contributed by atoms with Crippen LogP contribution >= 0.6 is 0 Å². The predicted octanol–water partition coefficient (Wildman–Crippen LogP) is 2.34. The normalized spacial score (nSPS) is 20.9. The highest BCUT2D eigenvalue weighted by Gasteiger charge is 2.43. The fourth-order valence-corrected chi connectivity index (χ4v) is 2.45. The third-order valence-corrected chi connectivity index (χ3v) is 3.72. The monoisotopic (exact) mass is 282 g/mol. The Hall–Kier alpha value is -1.49. The number of nitrogens with one attached hydrogen (secondary N) is 1. The van der Waals surface area contributed by atoms with Gasteiger partial charge in [-0.2, -0.15) is 0 Å². The number of benzene rings is 1. The van der Waals surface area contributed by atoms with Crippen molar-refractivity contribution in [2.24, 2.45) is 0 Å². The fraction of sp³-hybridized carbons (Fsp3) is 0.533. The Kier molecular flexibility index (Phi) is 4.38. The standard InChI is InChI=1S/C15H20F2N2O/c1-3-19(9-12-7-5-4-6-11(12)2)14(20)13-8-15(16,17)10-18-13/h4-7,13,18H,3,8-10H2,1-2H3. The van der Waals surface area contributed by atoms with Gasteiger partial charge in [-0.1, -0.05) is 24.3 Å². The van der Waals surface area contributed by atoms with Gasteiger partial charge in [0.05, 0.1) is 12.6 Å². The number of aryl methyl sites for hydroxylation is 1. The summed E-state index contributed by atoms with van der Waals surface area (Å²) in [6.45, 7) is 4.41. The van der Waals surface area contributed by atoms with Gasteiger partial charge in [-0.25, -0.2) is 8.78 Å². The van der Waals surface area contributed by atoms with Crippen molar-refractivity contribution in [2.45, 2.75) is 38.8 Å². The summed E-state index contributed by atoms with van der Waals surface area (Å²) in [5.41, 5.74) is 2.15. The number of amides is 1. The Morgan fingerprint density at radius 3 is 2.70 bits per heavy atom. The lowest BCUT2D eigenvalue weighted by Gasteiger charge is -2.25. The Morgan fingerprint density at radius 2 is 2.15 bits per heavy atom. The van der Waals surface area contributed by atoms with Gasteiger partial charge >= 0.3 is 0 Å². The molecule has 0 bridgehead atoms. The van der Waals surface area contributed by atoms with Crippen LogP contribution in [0, 0.1) is 6.92 Å². The molecule has 5 heteroatoms. The van der Waals surface area contributed by atoms with Crippen molar-refractivity contribution < 1.29 is 13.6 Å². The van der Waals surface area contributed by atoms with Gasteiger partial charge in [0.25, 0.3) is 5.92 Å². The molecule has 110 valence electrons. The third-order valence-electron chi connectivity index (χ3n) is 3.72. The van der Waals surface area contributed by atoms with E-state index >= 15 is 0 Å². The first-order chi connectivity index (χ1) is 9.43. The number of carbonyl (C=O) groups excluding carboxylic acids is 1. The Balaban J connectivity index is 2.05. The van der Waals surface area contributed by atoms with Crippen LogP contribution in [-0.4, -0.2) is 35.9 Å². The van der Waals surface area contributed by atoms with Crippen molar-refractivity contribution >= 4 is 5.91 Å². The van der Waals surface area contributed by atoms with Gasteiger partial charge in [0.1, 0.15) is 0 Å². The summed E-state index contributed by atoms with van der Waals surface area (Å²) in [4.78, 5) is 13.9. The second-order valence-electron chi connectivity index (χ2n) is 5.27. The summed E-state index contributed by atoms with van der Waals surface area (Å²) < 4.78 is 26.4. The highest BCUT2D eigenvalue weighted by atomic mass is 19.3. The van der Waals surface area contributed by atoms with E-state index in [2.05, 4.69) is 5.32 Å². The second kappa shape index (κ2) is 5.87. The maximum Gasteiger partial charge on any atom is 0.262 e. The number of carbonyl (C=O) groups is 1. The van der Waals surface area contributed by atoms with E-state index in [-0.39, 0.29) is 5.91 Å². The van der Waals surface area contributed by atoms with Gasteiger partial charge in [0.2, 0.25) is 5.91 Å². The molecular formula is C15H20F2N2O. The fourth-order valence-electron chi connectivity index (χ4n) is 2.45. The summed E-state index contributed by atoms with van der Waals surface area (Å²) in [5, 5.41) is 2.62. The molecule has 1 atom stereocenters. The Bertz CT molecular complexity index is 491. The second-order valence-corrected chi connectivity index (χ2v) is 5.27. The molecule has 1 aromatic carbocycles. The molecule has 0 radical (unpaired) electrons. The molecule has 1 aromatic rings. The predicted molar refractivity (Wildman–Crippen MR) is 73.6 cm³/mol. The maximum absolute atomic E-state index is 13.2. The van der Waals surface area contributed by atoms with E-state index in [1.165, 1.54) is 0 Å². The molecule has 3 nitrogen and oxygen atoms in total. The molecule has 1 fully saturated rings. The van der Waals surface area contributed by atoms with Crippen LogP contribution in [0.4, 0.5) is 8.78 Å². The molecule has 1 aliphatic rings. The highest BCUT2D eigenvalue weighted by Crippen LogP contribution is 2.26. The number of hydrogen-bond donors (Lipinski definition) is 1. The molecule has 2 rings (SSSR count). The number of halogens is 2. The van der Waals surface area contributed by atoms with E-state index in [4.69, 9.17) is 0 Å². The van der Waals surface area contributed by atoms with E-state index in [0.717, 1.165) is 11.1 Å². The molecule has 1 amide bonds. The van der Waals surface area contributed by atoms with Gasteiger partial charge in [-0.15, -0.1) is 0 Å². The van der Waals surface area contributed by atoms with Gasteiger partial charge in [-0.3, -0.25) is 10.1 Å². The van der Waals surface area contributed by atoms with Crippen molar-refractivity contribution in [3.8, 4) is 0 Å². The lowest BCUT2D eigenvalue weighted by atomic mass is 10.1. The molecular weight excluding hydrogens is 262 g/mol. The van der Waals surface area contributed by atoms with Crippen LogP contribution in [0.5, 0.6) is 0 Å². The molecule has 1 aliphatic heterocycles. The molecule has 20 heavy (non-hydrogen) atoms. The van der Waals surface area contributed by atoms with E-state index < -0.39 is 24.9 Å². The average Bonchev–Trinajstić information content (AvgIpc) is 2.77. The first-order valence-corrected chi connectivity index (χ1v) is 6.87. The summed E-state index contributed by atoms with van der Waals surface area (Å²) in [7, 11) is 0. The molecule has 1 unspecified atom stereocenters. The van der Waals surface area contributed by atoms with Gasteiger partial charge in [0, 0.05) is 19.5 Å². The van der Waals surface area contributed by atoms with Crippen LogP contribution < -0.4 is 5.32 Å². The van der Waals surface area contributed by atoms with E-state index in [1.807, 2.05) is 38.1 Å². The maximum atomic E-state index is 13.2. The van der Waals surface area contributed by atoms with E-state index in [0.29, 0.717) is 13.1 Å². The Morgan fingerprint density at radius 1 is 1.45 bits per heavy atom. The van der Waals surface area contributed by atoms with Crippen molar-refractivity contribution in [3.63, 3.8) is 0 Å². The first-order valence-electron chi connectivity index (χ1n) is 6.87. The zero-order valence-electron chi connectivity index (χ0n) is 11.8. The number of likely N-dealkylation sites (N-methyl/N-ethyl adjacent to an activating group) is 1. The van der Waals surface area contributed by atoms with Gasteiger partial charge in [0.15, 0.2) is 0 Å². The molecule has 1 N–H and O–H groups in total. The van der Waals surface area contributed by atoms with Crippen LogP contribution in [0.15, 0.2) is 24.3 Å². The van der Waals surface area contributed by atoms with Crippen LogP contribution in [0.1, 0.15) is 24.5 Å². The van der Waals surface area contributed by atoms with Crippen LogP contribution in [0.3, 0.4) is 0 Å². The zero-order chi connectivity index (χ0) is 14.8. The Labute approximate surface area is 118 Å². The molecule has 1 heterocycles. The summed E-state index contributed by atoms with van der Waals surface area (Å²) >= 11 is 0. The van der Waals surface area contributed by atoms with Crippen molar-refractivity contribution in [2.75, 3.05) is 13.1 Å².